The van der Waals surface area contributed by atoms with E-state index in [9.17, 15) is 0 Å². The Morgan fingerprint density at radius 1 is 1.59 bits per heavy atom. The van der Waals surface area contributed by atoms with E-state index >= 15 is 0 Å². The number of rotatable bonds is 2. The molecule has 0 saturated heterocycles. The molecule has 2 rings (SSSR count). The van der Waals surface area contributed by atoms with E-state index in [-0.39, 0.29) is 0 Å². The summed E-state index contributed by atoms with van der Waals surface area (Å²) in [5, 5.41) is 5.82. The molecule has 0 unspecified atom stereocenters. The number of fused-ring (bicyclic) bond motifs is 1. The maximum Gasteiger partial charge on any atom is 0.159 e. The number of halogens is 1. The number of aryl methyl sites for hydroxylation is 2. The van der Waals surface area contributed by atoms with Crippen molar-refractivity contribution in [3.63, 3.8) is 0 Å². The summed E-state index contributed by atoms with van der Waals surface area (Å²) >= 11 is 6.15. The average Bonchev–Trinajstić information content (AvgIpc) is 2.55. The van der Waals surface area contributed by atoms with Crippen molar-refractivity contribution in [3.05, 3.63) is 28.0 Å². The zero-order chi connectivity index (χ0) is 12.6. The first-order chi connectivity index (χ1) is 8.02. The molecule has 90 valence electrons. The van der Waals surface area contributed by atoms with Crippen LogP contribution in [0.5, 0.6) is 0 Å². The Kier molecular flexibility index (Phi) is 3.17. The Labute approximate surface area is 105 Å². The van der Waals surface area contributed by atoms with Crippen molar-refractivity contribution in [2.75, 3.05) is 6.54 Å². The highest BCUT2D eigenvalue weighted by Crippen LogP contribution is 2.24. The first-order valence-electron chi connectivity index (χ1n) is 5.40. The van der Waals surface area contributed by atoms with Gasteiger partial charge in [-0.25, -0.2) is 4.98 Å². The van der Waals surface area contributed by atoms with Crippen molar-refractivity contribution in [2.24, 2.45) is 12.8 Å². The number of nitrogens with zero attached hydrogens (tertiary/aromatic N) is 3. The first-order valence-corrected chi connectivity index (χ1v) is 5.78. The molecule has 5 heteroatoms. The van der Waals surface area contributed by atoms with E-state index in [1.165, 1.54) is 0 Å². The molecule has 2 aromatic rings. The van der Waals surface area contributed by atoms with Gasteiger partial charge in [-0.15, -0.1) is 0 Å². The third kappa shape index (κ3) is 2.18. The Morgan fingerprint density at radius 3 is 2.94 bits per heavy atom. The van der Waals surface area contributed by atoms with E-state index in [1.54, 1.807) is 4.68 Å². The molecular weight excluding hydrogens is 236 g/mol. The van der Waals surface area contributed by atoms with Gasteiger partial charge in [0.2, 0.25) is 0 Å². The van der Waals surface area contributed by atoms with E-state index in [2.05, 4.69) is 10.1 Å². The second kappa shape index (κ2) is 4.47. The minimum absolute atomic E-state index is 0.480. The molecule has 0 aliphatic carbocycles. The van der Waals surface area contributed by atoms with Crippen LogP contribution >= 0.6 is 11.6 Å². The van der Waals surface area contributed by atoms with Gasteiger partial charge in [0.25, 0.3) is 0 Å². The third-order valence-electron chi connectivity index (χ3n) is 2.70. The molecule has 0 spiro atoms. The van der Waals surface area contributed by atoms with Crippen molar-refractivity contribution in [1.82, 2.24) is 14.8 Å². The Morgan fingerprint density at radius 2 is 2.29 bits per heavy atom. The van der Waals surface area contributed by atoms with Crippen LogP contribution in [0.1, 0.15) is 18.2 Å². The lowest BCUT2D eigenvalue weighted by atomic mass is 10.1. The van der Waals surface area contributed by atoms with E-state index in [0.717, 1.165) is 27.9 Å². The number of pyridine rings is 1. The van der Waals surface area contributed by atoms with Gasteiger partial charge in [-0.1, -0.05) is 23.3 Å². The summed E-state index contributed by atoms with van der Waals surface area (Å²) in [7, 11) is 1.86. The summed E-state index contributed by atoms with van der Waals surface area (Å²) in [6, 6.07) is 2.01. The molecule has 0 aromatic carbocycles. The molecule has 0 radical (unpaired) electrons. The van der Waals surface area contributed by atoms with Crippen LogP contribution in [0.4, 0.5) is 0 Å². The van der Waals surface area contributed by atoms with Gasteiger partial charge in [0, 0.05) is 24.5 Å². The Bertz CT molecular complexity index is 598. The van der Waals surface area contributed by atoms with Gasteiger partial charge in [-0.2, -0.15) is 5.10 Å². The molecular formula is C12H15ClN4. The zero-order valence-electron chi connectivity index (χ0n) is 10.2. The monoisotopic (exact) mass is 250 g/mol. The number of hydrogen-bond acceptors (Lipinski definition) is 3. The van der Waals surface area contributed by atoms with Crippen molar-refractivity contribution < 1.29 is 0 Å². The highest BCUT2D eigenvalue weighted by atomic mass is 35.5. The van der Waals surface area contributed by atoms with E-state index < -0.39 is 0 Å². The van der Waals surface area contributed by atoms with Gasteiger partial charge in [0.15, 0.2) is 5.65 Å². The molecule has 0 aliphatic heterocycles. The fraction of sp³-hybridized carbons (Fsp3) is 0.333. The van der Waals surface area contributed by atoms with Crippen molar-refractivity contribution in [3.8, 4) is 0 Å². The van der Waals surface area contributed by atoms with Gasteiger partial charge in [-0.05, 0) is 19.9 Å². The molecule has 0 saturated carbocycles. The van der Waals surface area contributed by atoms with Crippen LogP contribution in [0, 0.1) is 6.92 Å². The lowest BCUT2D eigenvalue weighted by molar-refractivity contribution is 0.774. The fourth-order valence-electron chi connectivity index (χ4n) is 1.76. The van der Waals surface area contributed by atoms with Gasteiger partial charge >= 0.3 is 0 Å². The maximum atomic E-state index is 6.15. The molecule has 17 heavy (non-hydrogen) atoms. The normalized spacial score (nSPS) is 12.4. The van der Waals surface area contributed by atoms with Crippen LogP contribution in [0.2, 0.25) is 5.15 Å². The molecule has 2 N–H and O–H groups in total. The van der Waals surface area contributed by atoms with Crippen LogP contribution in [0.25, 0.3) is 17.1 Å². The smallest absolute Gasteiger partial charge is 0.159 e. The molecule has 4 nitrogen and oxygen atoms in total. The predicted octanol–water partition coefficient (Wildman–Crippen LogP) is 2.29. The second-order valence-corrected chi connectivity index (χ2v) is 4.50. The summed E-state index contributed by atoms with van der Waals surface area (Å²) in [5.74, 6) is 0. The quantitative estimate of drug-likeness (QED) is 0.832. The molecule has 0 aliphatic rings. The topological polar surface area (TPSA) is 56.7 Å². The lowest BCUT2D eigenvalue weighted by Gasteiger charge is -2.01. The standard InChI is InChI=1S/C12H15ClN4/c1-7(6-14)4-9-5-10-8(2)16-17(3)12(10)15-11(9)13/h4-5H,6,14H2,1-3H3. The molecule has 0 fully saturated rings. The van der Waals surface area contributed by atoms with Crippen molar-refractivity contribution in [2.45, 2.75) is 13.8 Å². The third-order valence-corrected chi connectivity index (χ3v) is 3.01. The summed E-state index contributed by atoms with van der Waals surface area (Å²) in [6.07, 6.45) is 1.96. The van der Waals surface area contributed by atoms with Crippen molar-refractivity contribution >= 4 is 28.7 Å². The first kappa shape index (κ1) is 12.1. The van der Waals surface area contributed by atoms with Crippen LogP contribution in [0.15, 0.2) is 11.6 Å². The van der Waals surface area contributed by atoms with Gasteiger partial charge in [0.1, 0.15) is 5.15 Å². The maximum absolute atomic E-state index is 6.15. The van der Waals surface area contributed by atoms with Gasteiger partial charge in [0.05, 0.1) is 5.69 Å². The van der Waals surface area contributed by atoms with Gasteiger partial charge in [-0.3, -0.25) is 4.68 Å². The van der Waals surface area contributed by atoms with Crippen molar-refractivity contribution in [1.29, 1.82) is 0 Å². The summed E-state index contributed by atoms with van der Waals surface area (Å²) < 4.78 is 1.74. The van der Waals surface area contributed by atoms with Crippen LogP contribution < -0.4 is 5.73 Å². The van der Waals surface area contributed by atoms with E-state index in [0.29, 0.717) is 11.7 Å². The SMILES string of the molecule is CC(=Cc1cc2c(C)nn(C)c2nc1Cl)CN. The Balaban J connectivity index is 2.67. The molecule has 0 bridgehead atoms. The second-order valence-electron chi connectivity index (χ2n) is 4.14. The zero-order valence-corrected chi connectivity index (χ0v) is 10.9. The van der Waals surface area contributed by atoms with Crippen LogP contribution in [0.3, 0.4) is 0 Å². The number of aromatic nitrogens is 3. The summed E-state index contributed by atoms with van der Waals surface area (Å²) in [4.78, 5) is 4.36. The number of hydrogen-bond donors (Lipinski definition) is 1. The van der Waals surface area contributed by atoms with Crippen LogP contribution in [-0.4, -0.2) is 21.3 Å². The molecule has 2 aromatic heterocycles. The van der Waals surface area contributed by atoms with E-state index in [1.807, 2.05) is 33.0 Å². The minimum atomic E-state index is 0.480. The summed E-state index contributed by atoms with van der Waals surface area (Å²) in [5.41, 5.74) is 9.27. The summed E-state index contributed by atoms with van der Waals surface area (Å²) in [6.45, 7) is 4.44. The minimum Gasteiger partial charge on any atom is -0.327 e. The molecule has 0 atom stereocenters. The lowest BCUT2D eigenvalue weighted by Crippen LogP contribution is -1.99. The molecule has 0 amide bonds. The predicted molar refractivity (Wildman–Crippen MR) is 71.0 cm³/mol. The highest BCUT2D eigenvalue weighted by molar-refractivity contribution is 6.31. The molecule has 2 heterocycles. The largest absolute Gasteiger partial charge is 0.327 e. The van der Waals surface area contributed by atoms with Crippen LogP contribution in [-0.2, 0) is 7.05 Å². The highest BCUT2D eigenvalue weighted by Gasteiger charge is 2.10. The average molecular weight is 251 g/mol. The Hall–Kier alpha value is -1.39. The number of nitrogens with two attached hydrogens (primary N) is 1. The van der Waals surface area contributed by atoms with E-state index in [4.69, 9.17) is 17.3 Å². The van der Waals surface area contributed by atoms with Gasteiger partial charge < -0.3 is 5.73 Å². The fourth-order valence-corrected chi connectivity index (χ4v) is 1.95.